The molecule has 0 aliphatic rings. The Labute approximate surface area is 132 Å². The summed E-state index contributed by atoms with van der Waals surface area (Å²) in [5.41, 5.74) is 0.975. The smallest absolute Gasteiger partial charge is 0.271 e. The van der Waals surface area contributed by atoms with Crippen molar-refractivity contribution in [2.24, 2.45) is 0 Å². The number of halogens is 2. The van der Waals surface area contributed by atoms with Gasteiger partial charge < -0.3 is 10.6 Å². The molecular formula is C14H14Cl2N4O. The minimum Gasteiger partial charge on any atom is -0.351 e. The highest BCUT2D eigenvalue weighted by Gasteiger charge is 2.07. The Kier molecular flexibility index (Phi) is 5.36. The molecule has 0 bridgehead atoms. The third-order valence-corrected chi connectivity index (χ3v) is 3.00. The number of aromatic nitrogens is 2. The van der Waals surface area contributed by atoms with Crippen molar-refractivity contribution in [1.29, 1.82) is 0 Å². The van der Waals surface area contributed by atoms with Gasteiger partial charge in [-0.1, -0.05) is 30.1 Å². The van der Waals surface area contributed by atoms with Gasteiger partial charge in [0, 0.05) is 22.3 Å². The van der Waals surface area contributed by atoms with Crippen LogP contribution in [0.4, 0.5) is 11.5 Å². The molecule has 2 rings (SSSR count). The summed E-state index contributed by atoms with van der Waals surface area (Å²) in [7, 11) is 0. The average molecular weight is 325 g/mol. The van der Waals surface area contributed by atoms with E-state index < -0.39 is 0 Å². The van der Waals surface area contributed by atoms with Crippen LogP contribution in [-0.2, 0) is 0 Å². The summed E-state index contributed by atoms with van der Waals surface area (Å²) in [5.74, 6) is 0.266. The maximum Gasteiger partial charge on any atom is 0.271 e. The molecule has 0 unspecified atom stereocenters. The summed E-state index contributed by atoms with van der Waals surface area (Å²) < 4.78 is 0. The fourth-order valence-electron chi connectivity index (χ4n) is 1.62. The van der Waals surface area contributed by atoms with E-state index in [4.69, 9.17) is 23.2 Å². The Morgan fingerprint density at radius 2 is 1.86 bits per heavy atom. The average Bonchev–Trinajstić information content (AvgIpc) is 2.44. The standard InChI is InChI=1S/C14H14Cl2N4O/c1-2-5-17-14(21)12-3-4-13(20-19-12)18-11-7-9(15)6-10(16)8-11/h3-4,6-8H,2,5H2,1H3,(H,17,21)(H,18,20). The van der Waals surface area contributed by atoms with Gasteiger partial charge >= 0.3 is 0 Å². The number of carbonyl (C=O) groups is 1. The summed E-state index contributed by atoms with van der Waals surface area (Å²) in [6.07, 6.45) is 0.869. The van der Waals surface area contributed by atoms with E-state index in [1.54, 1.807) is 30.3 Å². The first-order valence-corrected chi connectivity index (χ1v) is 7.19. The lowest BCUT2D eigenvalue weighted by Crippen LogP contribution is -2.25. The van der Waals surface area contributed by atoms with Crippen LogP contribution in [0.2, 0.25) is 10.0 Å². The van der Waals surface area contributed by atoms with Crippen molar-refractivity contribution in [3.8, 4) is 0 Å². The van der Waals surface area contributed by atoms with Crippen LogP contribution >= 0.6 is 23.2 Å². The van der Waals surface area contributed by atoms with Crippen LogP contribution in [0.3, 0.4) is 0 Å². The van der Waals surface area contributed by atoms with Gasteiger partial charge in [0.1, 0.15) is 0 Å². The number of amides is 1. The zero-order valence-electron chi connectivity index (χ0n) is 11.4. The second-order valence-corrected chi connectivity index (χ2v) is 5.22. The number of anilines is 2. The summed E-state index contributed by atoms with van der Waals surface area (Å²) in [6, 6.07) is 8.35. The van der Waals surface area contributed by atoms with E-state index in [0.29, 0.717) is 28.1 Å². The summed E-state index contributed by atoms with van der Waals surface area (Å²) in [6.45, 7) is 2.59. The van der Waals surface area contributed by atoms with Gasteiger partial charge in [-0.05, 0) is 36.8 Å². The molecule has 7 heteroatoms. The molecule has 0 saturated carbocycles. The highest BCUT2D eigenvalue weighted by molar-refractivity contribution is 6.35. The molecule has 1 amide bonds. The lowest BCUT2D eigenvalue weighted by molar-refractivity contribution is 0.0947. The lowest BCUT2D eigenvalue weighted by atomic mass is 10.3. The highest BCUT2D eigenvalue weighted by atomic mass is 35.5. The van der Waals surface area contributed by atoms with Crippen LogP contribution in [0, 0.1) is 0 Å². The molecule has 0 atom stereocenters. The topological polar surface area (TPSA) is 66.9 Å². The van der Waals surface area contributed by atoms with E-state index in [-0.39, 0.29) is 11.6 Å². The molecule has 0 fully saturated rings. The third-order valence-electron chi connectivity index (χ3n) is 2.57. The number of rotatable bonds is 5. The van der Waals surface area contributed by atoms with Gasteiger partial charge in [0.05, 0.1) is 0 Å². The predicted octanol–water partition coefficient (Wildman–Crippen LogP) is 3.67. The van der Waals surface area contributed by atoms with Crippen LogP contribution in [-0.4, -0.2) is 22.6 Å². The summed E-state index contributed by atoms with van der Waals surface area (Å²) >= 11 is 11.8. The fourth-order valence-corrected chi connectivity index (χ4v) is 2.15. The fraction of sp³-hybridized carbons (Fsp3) is 0.214. The monoisotopic (exact) mass is 324 g/mol. The van der Waals surface area contributed by atoms with Crippen molar-refractivity contribution in [2.45, 2.75) is 13.3 Å². The molecule has 1 heterocycles. The van der Waals surface area contributed by atoms with Gasteiger partial charge in [-0.25, -0.2) is 0 Å². The number of nitrogens with one attached hydrogen (secondary N) is 2. The zero-order chi connectivity index (χ0) is 15.2. The minimum atomic E-state index is -0.235. The second kappa shape index (κ2) is 7.24. The van der Waals surface area contributed by atoms with E-state index in [2.05, 4.69) is 20.8 Å². The molecule has 0 spiro atoms. The first-order valence-electron chi connectivity index (χ1n) is 6.43. The molecule has 0 aliphatic carbocycles. The third kappa shape index (κ3) is 4.58. The van der Waals surface area contributed by atoms with E-state index in [1.807, 2.05) is 6.92 Å². The Hall–Kier alpha value is -1.85. The van der Waals surface area contributed by atoms with Crippen LogP contribution in [0.5, 0.6) is 0 Å². The van der Waals surface area contributed by atoms with Crippen molar-refractivity contribution in [2.75, 3.05) is 11.9 Å². The molecule has 1 aromatic carbocycles. The molecule has 110 valence electrons. The maximum absolute atomic E-state index is 11.7. The molecule has 0 radical (unpaired) electrons. The summed E-state index contributed by atoms with van der Waals surface area (Å²) in [5, 5.41) is 14.6. The Balaban J connectivity index is 2.07. The van der Waals surface area contributed by atoms with E-state index >= 15 is 0 Å². The van der Waals surface area contributed by atoms with E-state index in [0.717, 1.165) is 6.42 Å². The van der Waals surface area contributed by atoms with Crippen LogP contribution in [0.15, 0.2) is 30.3 Å². The number of nitrogens with zero attached hydrogens (tertiary/aromatic N) is 2. The van der Waals surface area contributed by atoms with Crippen LogP contribution < -0.4 is 10.6 Å². The molecule has 2 aromatic rings. The first-order chi connectivity index (χ1) is 10.1. The Bertz CT molecular complexity index is 611. The van der Waals surface area contributed by atoms with Crippen LogP contribution in [0.25, 0.3) is 0 Å². The molecule has 1 aromatic heterocycles. The normalized spacial score (nSPS) is 10.2. The first kappa shape index (κ1) is 15.5. The Morgan fingerprint density at radius 3 is 2.43 bits per heavy atom. The van der Waals surface area contributed by atoms with Crippen molar-refractivity contribution in [3.63, 3.8) is 0 Å². The van der Waals surface area contributed by atoms with Crippen LogP contribution in [0.1, 0.15) is 23.8 Å². The number of carbonyl (C=O) groups excluding carboxylic acids is 1. The van der Waals surface area contributed by atoms with Gasteiger partial charge in [0.15, 0.2) is 11.5 Å². The van der Waals surface area contributed by atoms with E-state index in [9.17, 15) is 4.79 Å². The van der Waals surface area contributed by atoms with Gasteiger partial charge in [0.2, 0.25) is 0 Å². The molecule has 0 aliphatic heterocycles. The minimum absolute atomic E-state index is 0.235. The van der Waals surface area contributed by atoms with Crippen molar-refractivity contribution in [1.82, 2.24) is 15.5 Å². The summed E-state index contributed by atoms with van der Waals surface area (Å²) in [4.78, 5) is 11.7. The zero-order valence-corrected chi connectivity index (χ0v) is 12.9. The largest absolute Gasteiger partial charge is 0.351 e. The molecule has 0 saturated heterocycles. The van der Waals surface area contributed by atoms with E-state index in [1.165, 1.54) is 0 Å². The van der Waals surface area contributed by atoms with Gasteiger partial charge in [-0.15, -0.1) is 10.2 Å². The van der Waals surface area contributed by atoms with Crippen molar-refractivity contribution < 1.29 is 4.79 Å². The number of hydrogen-bond donors (Lipinski definition) is 2. The molecule has 21 heavy (non-hydrogen) atoms. The Morgan fingerprint density at radius 1 is 1.14 bits per heavy atom. The van der Waals surface area contributed by atoms with Gasteiger partial charge in [0.25, 0.3) is 5.91 Å². The molecule has 2 N–H and O–H groups in total. The highest BCUT2D eigenvalue weighted by Crippen LogP contribution is 2.24. The quantitative estimate of drug-likeness (QED) is 0.880. The predicted molar refractivity (Wildman–Crippen MR) is 84.4 cm³/mol. The SMILES string of the molecule is CCCNC(=O)c1ccc(Nc2cc(Cl)cc(Cl)c2)nn1. The van der Waals surface area contributed by atoms with Crippen molar-refractivity contribution >= 4 is 40.6 Å². The number of benzene rings is 1. The van der Waals surface area contributed by atoms with Gasteiger partial charge in [-0.2, -0.15) is 0 Å². The van der Waals surface area contributed by atoms with Gasteiger partial charge in [-0.3, -0.25) is 4.79 Å². The lowest BCUT2D eigenvalue weighted by Gasteiger charge is -2.07. The second-order valence-electron chi connectivity index (χ2n) is 4.34. The molecule has 5 nitrogen and oxygen atoms in total. The molecular weight excluding hydrogens is 311 g/mol. The number of hydrogen-bond acceptors (Lipinski definition) is 4. The van der Waals surface area contributed by atoms with Crippen molar-refractivity contribution in [3.05, 3.63) is 46.1 Å². The maximum atomic E-state index is 11.7.